The van der Waals surface area contributed by atoms with Gasteiger partial charge in [-0.1, -0.05) is 43.3 Å². The summed E-state index contributed by atoms with van der Waals surface area (Å²) in [5.41, 5.74) is 2.37. The van der Waals surface area contributed by atoms with Crippen LogP contribution in [0.5, 0.6) is 5.75 Å². The quantitative estimate of drug-likeness (QED) is 0.730. The molecule has 0 aromatic heterocycles. The Hall–Kier alpha value is -2.33. The highest BCUT2D eigenvalue weighted by Gasteiger charge is 2.56. The second-order valence-electron chi connectivity index (χ2n) is 7.96. The summed E-state index contributed by atoms with van der Waals surface area (Å²) in [5.74, 6) is 2.24. The summed E-state index contributed by atoms with van der Waals surface area (Å²) in [6.07, 6.45) is 2.81. The van der Waals surface area contributed by atoms with Crippen LogP contribution in [0.4, 0.5) is 5.69 Å². The van der Waals surface area contributed by atoms with E-state index >= 15 is 0 Å². The van der Waals surface area contributed by atoms with Gasteiger partial charge in [0.25, 0.3) is 0 Å². The number of anilines is 1. The largest absolute Gasteiger partial charge is 0.497 e. The van der Waals surface area contributed by atoms with Gasteiger partial charge in [0, 0.05) is 37.3 Å². The first-order chi connectivity index (χ1) is 13.7. The van der Waals surface area contributed by atoms with E-state index in [1.807, 2.05) is 31.2 Å². The van der Waals surface area contributed by atoms with Crippen molar-refractivity contribution in [2.45, 2.75) is 32.2 Å². The molecular formula is C24H30N2O2. The maximum atomic E-state index is 12.8. The van der Waals surface area contributed by atoms with E-state index in [1.165, 1.54) is 12.0 Å². The second kappa shape index (κ2) is 8.36. The van der Waals surface area contributed by atoms with Gasteiger partial charge in [0.1, 0.15) is 5.75 Å². The number of carbonyl (C=O) groups excluding carboxylic acids is 1. The molecule has 1 saturated carbocycles. The van der Waals surface area contributed by atoms with Crippen LogP contribution in [-0.2, 0) is 11.2 Å². The Kier molecular flexibility index (Phi) is 5.67. The molecule has 1 aliphatic heterocycles. The SMILES string of the molecule is CCC(=O)N(c1cccc(OC)c1)C1C2CCN(CCc3ccccc3)CC21. The Morgan fingerprint density at radius 1 is 1.14 bits per heavy atom. The Bertz CT molecular complexity index is 807. The van der Waals surface area contributed by atoms with Crippen molar-refractivity contribution in [1.82, 2.24) is 4.90 Å². The molecule has 2 aliphatic rings. The fourth-order valence-corrected chi connectivity index (χ4v) is 4.71. The van der Waals surface area contributed by atoms with Gasteiger partial charge in [-0.15, -0.1) is 0 Å². The third-order valence-corrected chi connectivity index (χ3v) is 6.29. The molecule has 4 rings (SSSR count). The second-order valence-corrected chi connectivity index (χ2v) is 7.96. The third kappa shape index (κ3) is 3.93. The van der Waals surface area contributed by atoms with Crippen LogP contribution in [0.15, 0.2) is 54.6 Å². The highest BCUT2D eigenvalue weighted by atomic mass is 16.5. The number of nitrogens with zero attached hydrogens (tertiary/aromatic N) is 2. The minimum Gasteiger partial charge on any atom is -0.497 e. The maximum absolute atomic E-state index is 12.8. The van der Waals surface area contributed by atoms with Crippen LogP contribution in [-0.4, -0.2) is 43.6 Å². The lowest BCUT2D eigenvalue weighted by Gasteiger charge is -2.26. The van der Waals surface area contributed by atoms with Crippen molar-refractivity contribution in [2.75, 3.05) is 31.6 Å². The Morgan fingerprint density at radius 2 is 1.96 bits per heavy atom. The molecule has 148 valence electrons. The highest BCUT2D eigenvalue weighted by molar-refractivity contribution is 5.94. The number of benzene rings is 2. The number of hydrogen-bond acceptors (Lipinski definition) is 3. The molecule has 0 bridgehead atoms. The van der Waals surface area contributed by atoms with Crippen LogP contribution in [0.3, 0.4) is 0 Å². The normalized spacial score (nSPS) is 23.7. The van der Waals surface area contributed by atoms with Gasteiger partial charge < -0.3 is 14.5 Å². The lowest BCUT2D eigenvalue weighted by molar-refractivity contribution is -0.118. The lowest BCUT2D eigenvalue weighted by Crippen LogP contribution is -2.35. The Balaban J connectivity index is 1.43. The maximum Gasteiger partial charge on any atom is 0.226 e. The van der Waals surface area contributed by atoms with E-state index in [-0.39, 0.29) is 5.91 Å². The van der Waals surface area contributed by atoms with E-state index < -0.39 is 0 Å². The van der Waals surface area contributed by atoms with Crippen molar-refractivity contribution in [3.05, 3.63) is 60.2 Å². The molecule has 1 heterocycles. The fourth-order valence-electron chi connectivity index (χ4n) is 4.71. The number of likely N-dealkylation sites (tertiary alicyclic amines) is 1. The minimum atomic E-state index is 0.212. The lowest BCUT2D eigenvalue weighted by atomic mass is 10.1. The number of piperidine rings is 1. The number of ether oxygens (including phenoxy) is 1. The molecule has 2 fully saturated rings. The summed E-state index contributed by atoms with van der Waals surface area (Å²) in [6.45, 7) is 5.28. The topological polar surface area (TPSA) is 32.8 Å². The van der Waals surface area contributed by atoms with Crippen molar-refractivity contribution in [3.63, 3.8) is 0 Å². The first-order valence-electron chi connectivity index (χ1n) is 10.4. The van der Waals surface area contributed by atoms with Gasteiger partial charge in [-0.05, 0) is 48.9 Å². The zero-order valence-electron chi connectivity index (χ0n) is 16.9. The zero-order chi connectivity index (χ0) is 19.5. The van der Waals surface area contributed by atoms with Crippen LogP contribution in [0.2, 0.25) is 0 Å². The van der Waals surface area contributed by atoms with Gasteiger partial charge in [0.2, 0.25) is 5.91 Å². The molecule has 0 N–H and O–H groups in total. The van der Waals surface area contributed by atoms with Gasteiger partial charge in [-0.25, -0.2) is 0 Å². The number of fused-ring (bicyclic) bond motifs is 1. The molecule has 4 heteroatoms. The number of rotatable bonds is 7. The average molecular weight is 379 g/mol. The first-order valence-corrected chi connectivity index (χ1v) is 10.4. The summed E-state index contributed by atoms with van der Waals surface area (Å²) in [7, 11) is 1.67. The first kappa shape index (κ1) is 19.0. The van der Waals surface area contributed by atoms with Crippen LogP contribution in [0, 0.1) is 11.8 Å². The minimum absolute atomic E-state index is 0.212. The van der Waals surface area contributed by atoms with Gasteiger partial charge in [-0.2, -0.15) is 0 Å². The number of amides is 1. The highest BCUT2D eigenvalue weighted by Crippen LogP contribution is 2.50. The van der Waals surface area contributed by atoms with Crippen LogP contribution >= 0.6 is 0 Å². The third-order valence-electron chi connectivity index (χ3n) is 6.29. The van der Waals surface area contributed by atoms with Gasteiger partial charge in [0.05, 0.1) is 7.11 Å². The molecule has 2 aromatic rings. The number of carbonyl (C=O) groups is 1. The summed E-state index contributed by atoms with van der Waals surface area (Å²) >= 11 is 0. The van der Waals surface area contributed by atoms with Crippen molar-refractivity contribution >= 4 is 11.6 Å². The zero-order valence-corrected chi connectivity index (χ0v) is 16.9. The van der Waals surface area contributed by atoms with Crippen molar-refractivity contribution < 1.29 is 9.53 Å². The standard InChI is InChI=1S/C24H30N2O2/c1-3-23(27)26(19-10-7-11-20(16-19)28-2)24-21-13-15-25(17-22(21)24)14-12-18-8-5-4-6-9-18/h4-11,16,21-22,24H,3,12-15,17H2,1-2H3. The van der Waals surface area contributed by atoms with E-state index in [4.69, 9.17) is 4.74 Å². The molecule has 3 unspecified atom stereocenters. The summed E-state index contributed by atoms with van der Waals surface area (Å²) in [5, 5.41) is 0. The van der Waals surface area contributed by atoms with Crippen molar-refractivity contribution in [1.29, 1.82) is 0 Å². The average Bonchev–Trinajstić information content (AvgIpc) is 3.46. The van der Waals surface area contributed by atoms with E-state index in [0.29, 0.717) is 24.3 Å². The smallest absolute Gasteiger partial charge is 0.226 e. The van der Waals surface area contributed by atoms with Crippen molar-refractivity contribution in [3.8, 4) is 5.75 Å². The number of methoxy groups -OCH3 is 1. The van der Waals surface area contributed by atoms with E-state index in [2.05, 4.69) is 40.1 Å². The monoisotopic (exact) mass is 378 g/mol. The van der Waals surface area contributed by atoms with Crippen LogP contribution in [0.25, 0.3) is 0 Å². The molecule has 3 atom stereocenters. The fraction of sp³-hybridized carbons (Fsp3) is 0.458. The number of hydrogen-bond donors (Lipinski definition) is 0. The molecule has 28 heavy (non-hydrogen) atoms. The summed E-state index contributed by atoms with van der Waals surface area (Å²) < 4.78 is 5.38. The van der Waals surface area contributed by atoms with Gasteiger partial charge in [0.15, 0.2) is 0 Å². The summed E-state index contributed by atoms with van der Waals surface area (Å²) in [4.78, 5) is 17.4. The Labute approximate surface area is 168 Å². The molecular weight excluding hydrogens is 348 g/mol. The molecule has 0 spiro atoms. The molecule has 1 saturated heterocycles. The molecule has 2 aromatic carbocycles. The molecule has 0 radical (unpaired) electrons. The predicted octanol–water partition coefficient (Wildman–Crippen LogP) is 4.00. The van der Waals surface area contributed by atoms with Crippen LogP contribution in [0.1, 0.15) is 25.3 Å². The van der Waals surface area contributed by atoms with Crippen LogP contribution < -0.4 is 9.64 Å². The molecule has 1 aliphatic carbocycles. The Morgan fingerprint density at radius 3 is 2.71 bits per heavy atom. The van der Waals surface area contributed by atoms with Gasteiger partial charge >= 0.3 is 0 Å². The molecule has 1 amide bonds. The predicted molar refractivity (Wildman–Crippen MR) is 113 cm³/mol. The van der Waals surface area contributed by atoms with E-state index in [9.17, 15) is 4.79 Å². The molecule has 4 nitrogen and oxygen atoms in total. The summed E-state index contributed by atoms with van der Waals surface area (Å²) in [6, 6.07) is 19.0. The van der Waals surface area contributed by atoms with Crippen molar-refractivity contribution in [2.24, 2.45) is 11.8 Å². The van der Waals surface area contributed by atoms with Gasteiger partial charge in [-0.3, -0.25) is 4.79 Å². The van der Waals surface area contributed by atoms with E-state index in [0.717, 1.165) is 37.5 Å². The van der Waals surface area contributed by atoms with E-state index in [1.54, 1.807) is 7.11 Å².